The van der Waals surface area contributed by atoms with E-state index >= 15 is 0 Å². The first-order chi connectivity index (χ1) is 8.78. The molecule has 0 bridgehead atoms. The molecule has 1 unspecified atom stereocenters. The van der Waals surface area contributed by atoms with Gasteiger partial charge in [-0.15, -0.1) is 0 Å². The van der Waals surface area contributed by atoms with Gasteiger partial charge in [-0.1, -0.05) is 0 Å². The first-order valence-corrected chi connectivity index (χ1v) is 8.98. The normalized spacial score (nSPS) is 22.4. The SMILES string of the molecule is O=c1ccc(S(=O)(=O)NCC2CCS(=O)(=O)C2)c[nH]1. The van der Waals surface area contributed by atoms with Crippen LogP contribution in [0.15, 0.2) is 28.0 Å². The van der Waals surface area contributed by atoms with Crippen LogP contribution in [0.25, 0.3) is 0 Å². The highest BCUT2D eigenvalue weighted by molar-refractivity contribution is 7.91. The first-order valence-electron chi connectivity index (χ1n) is 5.67. The van der Waals surface area contributed by atoms with Crippen LogP contribution in [-0.2, 0) is 19.9 Å². The van der Waals surface area contributed by atoms with Crippen LogP contribution in [0.3, 0.4) is 0 Å². The van der Waals surface area contributed by atoms with E-state index in [-0.39, 0.29) is 34.4 Å². The molecule has 0 saturated carbocycles. The van der Waals surface area contributed by atoms with Crippen molar-refractivity contribution in [3.63, 3.8) is 0 Å². The summed E-state index contributed by atoms with van der Waals surface area (Å²) < 4.78 is 48.6. The van der Waals surface area contributed by atoms with Gasteiger partial charge in [-0.3, -0.25) is 4.79 Å². The quantitative estimate of drug-likeness (QED) is 0.747. The fourth-order valence-electron chi connectivity index (χ4n) is 1.91. The number of sulfonamides is 1. The molecule has 1 atom stereocenters. The molecule has 0 spiro atoms. The van der Waals surface area contributed by atoms with Crippen LogP contribution >= 0.6 is 0 Å². The van der Waals surface area contributed by atoms with E-state index < -0.39 is 19.9 Å². The van der Waals surface area contributed by atoms with E-state index in [2.05, 4.69) is 9.71 Å². The van der Waals surface area contributed by atoms with Crippen LogP contribution in [0.5, 0.6) is 0 Å². The van der Waals surface area contributed by atoms with Crippen LogP contribution < -0.4 is 10.3 Å². The lowest BCUT2D eigenvalue weighted by Gasteiger charge is -2.10. The third-order valence-corrected chi connectivity index (χ3v) is 6.21. The second kappa shape index (κ2) is 5.06. The van der Waals surface area contributed by atoms with Crippen molar-refractivity contribution in [3.05, 3.63) is 28.7 Å². The Morgan fingerprint density at radius 2 is 2.11 bits per heavy atom. The second-order valence-corrected chi connectivity index (χ2v) is 8.51. The summed E-state index contributed by atoms with van der Waals surface area (Å²) in [5.41, 5.74) is -0.388. The van der Waals surface area contributed by atoms with Crippen molar-refractivity contribution in [2.45, 2.75) is 11.3 Å². The molecule has 1 aliphatic rings. The largest absolute Gasteiger partial charge is 0.328 e. The summed E-state index contributed by atoms with van der Waals surface area (Å²) in [6.07, 6.45) is 1.58. The molecule has 0 amide bonds. The molecular weight excluding hydrogens is 292 g/mol. The number of nitrogens with one attached hydrogen (secondary N) is 2. The summed E-state index contributed by atoms with van der Waals surface area (Å²) in [5.74, 6) is -0.0679. The lowest BCUT2D eigenvalue weighted by Crippen LogP contribution is -2.30. The Morgan fingerprint density at radius 1 is 1.37 bits per heavy atom. The molecule has 9 heteroatoms. The number of aromatic nitrogens is 1. The Bertz CT molecular complexity index is 700. The molecule has 2 N–H and O–H groups in total. The number of sulfone groups is 1. The number of hydrogen-bond acceptors (Lipinski definition) is 5. The van der Waals surface area contributed by atoms with E-state index in [0.717, 1.165) is 12.3 Å². The second-order valence-electron chi connectivity index (χ2n) is 4.51. The van der Waals surface area contributed by atoms with Crippen LogP contribution in [-0.4, -0.2) is 39.9 Å². The van der Waals surface area contributed by atoms with Crippen molar-refractivity contribution in [3.8, 4) is 0 Å². The Balaban J connectivity index is 2.03. The zero-order chi connectivity index (χ0) is 14.1. The first kappa shape index (κ1) is 14.2. The van der Waals surface area contributed by atoms with Crippen molar-refractivity contribution in [1.29, 1.82) is 0 Å². The molecule has 0 aliphatic carbocycles. The van der Waals surface area contributed by atoms with Gasteiger partial charge < -0.3 is 4.98 Å². The summed E-state index contributed by atoms with van der Waals surface area (Å²) in [7, 11) is -6.73. The van der Waals surface area contributed by atoms with Gasteiger partial charge in [0.2, 0.25) is 15.6 Å². The van der Waals surface area contributed by atoms with Crippen LogP contribution in [0.1, 0.15) is 6.42 Å². The highest BCUT2D eigenvalue weighted by Crippen LogP contribution is 2.18. The van der Waals surface area contributed by atoms with E-state index in [4.69, 9.17) is 0 Å². The fourth-order valence-corrected chi connectivity index (χ4v) is 4.85. The van der Waals surface area contributed by atoms with Crippen molar-refractivity contribution in [2.75, 3.05) is 18.1 Å². The number of aromatic amines is 1. The van der Waals surface area contributed by atoms with Crippen LogP contribution in [0, 0.1) is 5.92 Å². The van der Waals surface area contributed by atoms with Crippen molar-refractivity contribution in [1.82, 2.24) is 9.71 Å². The minimum Gasteiger partial charge on any atom is -0.328 e. The lowest BCUT2D eigenvalue weighted by molar-refractivity contribution is 0.543. The van der Waals surface area contributed by atoms with Gasteiger partial charge in [0.1, 0.15) is 0 Å². The molecule has 19 heavy (non-hydrogen) atoms. The van der Waals surface area contributed by atoms with Gasteiger partial charge in [-0.05, 0) is 18.4 Å². The van der Waals surface area contributed by atoms with Crippen molar-refractivity contribution in [2.24, 2.45) is 5.92 Å². The smallest absolute Gasteiger partial charge is 0.247 e. The average molecular weight is 306 g/mol. The summed E-state index contributed by atoms with van der Waals surface area (Å²) in [4.78, 5) is 13.1. The third-order valence-electron chi connectivity index (χ3n) is 2.95. The predicted molar refractivity (Wildman–Crippen MR) is 69.0 cm³/mol. The zero-order valence-corrected chi connectivity index (χ0v) is 11.6. The Morgan fingerprint density at radius 3 is 2.63 bits per heavy atom. The summed E-state index contributed by atoms with van der Waals surface area (Å²) in [6, 6.07) is 2.32. The van der Waals surface area contributed by atoms with E-state index in [0.29, 0.717) is 6.42 Å². The summed E-state index contributed by atoms with van der Waals surface area (Å²) in [6.45, 7) is 0.0840. The maximum atomic E-state index is 11.9. The molecule has 1 saturated heterocycles. The average Bonchev–Trinajstić information content (AvgIpc) is 2.67. The van der Waals surface area contributed by atoms with Crippen LogP contribution in [0.2, 0.25) is 0 Å². The Kier molecular flexibility index (Phi) is 3.79. The monoisotopic (exact) mass is 306 g/mol. The summed E-state index contributed by atoms with van der Waals surface area (Å²) >= 11 is 0. The van der Waals surface area contributed by atoms with E-state index in [9.17, 15) is 21.6 Å². The van der Waals surface area contributed by atoms with Crippen molar-refractivity contribution >= 4 is 19.9 Å². The Labute approximate surface area is 111 Å². The van der Waals surface area contributed by atoms with Gasteiger partial charge in [0, 0.05) is 18.8 Å². The maximum Gasteiger partial charge on any atom is 0.247 e. The minimum atomic E-state index is -3.72. The molecule has 2 heterocycles. The fraction of sp³-hybridized carbons (Fsp3) is 0.500. The van der Waals surface area contributed by atoms with E-state index in [1.54, 1.807) is 0 Å². The molecule has 1 aliphatic heterocycles. The minimum absolute atomic E-state index is 0.0150. The van der Waals surface area contributed by atoms with Crippen LogP contribution in [0.4, 0.5) is 0 Å². The van der Waals surface area contributed by atoms with E-state index in [1.165, 1.54) is 6.07 Å². The standard InChI is InChI=1S/C10H14N2O5S2/c13-10-2-1-9(6-11-10)19(16,17)12-5-8-3-4-18(14,15)7-8/h1-2,6,8,12H,3-5,7H2,(H,11,13). The van der Waals surface area contributed by atoms with E-state index in [1.807, 2.05) is 0 Å². The number of pyridine rings is 1. The topological polar surface area (TPSA) is 113 Å². The highest BCUT2D eigenvalue weighted by Gasteiger charge is 2.28. The van der Waals surface area contributed by atoms with Gasteiger partial charge in [-0.25, -0.2) is 21.6 Å². The van der Waals surface area contributed by atoms with Gasteiger partial charge in [0.15, 0.2) is 9.84 Å². The molecule has 0 radical (unpaired) electrons. The highest BCUT2D eigenvalue weighted by atomic mass is 32.2. The molecule has 1 aromatic rings. The molecule has 106 valence electrons. The van der Waals surface area contributed by atoms with Crippen molar-refractivity contribution < 1.29 is 16.8 Å². The predicted octanol–water partition coefficient (Wildman–Crippen LogP) is -0.912. The molecule has 1 aromatic heterocycles. The number of rotatable bonds is 4. The zero-order valence-electron chi connectivity index (χ0n) is 10.00. The molecular formula is C10H14N2O5S2. The van der Waals surface area contributed by atoms with Gasteiger partial charge in [0.05, 0.1) is 16.4 Å². The summed E-state index contributed by atoms with van der Waals surface area (Å²) in [5, 5.41) is 0. The molecule has 0 aromatic carbocycles. The molecule has 1 fully saturated rings. The Hall–Kier alpha value is -1.19. The maximum absolute atomic E-state index is 11.9. The van der Waals surface area contributed by atoms with Gasteiger partial charge in [0.25, 0.3) is 0 Å². The number of hydrogen-bond donors (Lipinski definition) is 2. The van der Waals surface area contributed by atoms with Gasteiger partial charge >= 0.3 is 0 Å². The number of H-pyrrole nitrogens is 1. The molecule has 7 nitrogen and oxygen atoms in total. The molecule has 2 rings (SSSR count). The lowest BCUT2D eigenvalue weighted by atomic mass is 10.1. The third kappa shape index (κ3) is 3.64. The van der Waals surface area contributed by atoms with Gasteiger partial charge in [-0.2, -0.15) is 0 Å².